The minimum Gasteiger partial charge on any atom is -0.461 e. The lowest BCUT2D eigenvalue weighted by Gasteiger charge is -2.11. The summed E-state index contributed by atoms with van der Waals surface area (Å²) < 4.78 is 22.2. The van der Waals surface area contributed by atoms with Crippen molar-refractivity contribution in [2.24, 2.45) is 0 Å². The fourth-order valence-corrected chi connectivity index (χ4v) is 4.17. The summed E-state index contributed by atoms with van der Waals surface area (Å²) in [6.45, 7) is 8.18. The standard InChI is InChI=1S/C25H23NO6/c1-12-15(4)31-23-14(3)24-18(8-17(12)23)13(2)19(25(28)32-24)9-22(27)26-10-16-5-6-20-21(7-16)30-11-29-20/h5-8H,9-11H2,1-4H3,(H,26,27). The van der Waals surface area contributed by atoms with Gasteiger partial charge < -0.3 is 23.6 Å². The Balaban J connectivity index is 1.43. The second-order valence-corrected chi connectivity index (χ2v) is 8.17. The van der Waals surface area contributed by atoms with Gasteiger partial charge in [-0.05, 0) is 62.6 Å². The van der Waals surface area contributed by atoms with Crippen molar-refractivity contribution in [3.8, 4) is 11.5 Å². The van der Waals surface area contributed by atoms with Crippen molar-refractivity contribution in [1.82, 2.24) is 5.32 Å². The van der Waals surface area contributed by atoms with Crippen LogP contribution in [0.15, 0.2) is 37.9 Å². The Labute approximate surface area is 183 Å². The van der Waals surface area contributed by atoms with E-state index in [2.05, 4.69) is 5.32 Å². The number of nitrogens with one attached hydrogen (secondary N) is 1. The van der Waals surface area contributed by atoms with Crippen molar-refractivity contribution >= 4 is 27.8 Å². The number of amides is 1. The molecular weight excluding hydrogens is 410 g/mol. The molecule has 4 aromatic rings. The number of aryl methyl sites for hydroxylation is 4. The van der Waals surface area contributed by atoms with Gasteiger partial charge in [0, 0.05) is 22.9 Å². The second-order valence-electron chi connectivity index (χ2n) is 8.17. The first-order chi connectivity index (χ1) is 15.3. The van der Waals surface area contributed by atoms with Crippen molar-refractivity contribution in [3.05, 3.63) is 68.3 Å². The maximum absolute atomic E-state index is 12.7. The van der Waals surface area contributed by atoms with Crippen molar-refractivity contribution in [2.75, 3.05) is 6.79 Å². The number of hydrogen-bond donors (Lipinski definition) is 1. The molecule has 0 unspecified atom stereocenters. The topological polar surface area (TPSA) is 90.9 Å². The summed E-state index contributed by atoms with van der Waals surface area (Å²) >= 11 is 0. The molecule has 0 saturated carbocycles. The highest BCUT2D eigenvalue weighted by Gasteiger charge is 2.20. The van der Waals surface area contributed by atoms with E-state index in [9.17, 15) is 9.59 Å². The van der Waals surface area contributed by atoms with E-state index in [4.69, 9.17) is 18.3 Å². The lowest BCUT2D eigenvalue weighted by atomic mass is 9.98. The van der Waals surface area contributed by atoms with Crippen LogP contribution in [0.4, 0.5) is 0 Å². The number of benzene rings is 2. The summed E-state index contributed by atoms with van der Waals surface area (Å²) in [5.74, 6) is 1.93. The Morgan fingerprint density at radius 2 is 1.62 bits per heavy atom. The average molecular weight is 433 g/mol. The van der Waals surface area contributed by atoms with Crippen LogP contribution in [0.2, 0.25) is 0 Å². The monoisotopic (exact) mass is 433 g/mol. The van der Waals surface area contributed by atoms with Gasteiger partial charge in [0.15, 0.2) is 11.5 Å². The maximum Gasteiger partial charge on any atom is 0.340 e. The second kappa shape index (κ2) is 7.44. The van der Waals surface area contributed by atoms with Gasteiger partial charge in [0.2, 0.25) is 12.7 Å². The first-order valence-corrected chi connectivity index (χ1v) is 10.4. The molecular formula is C25H23NO6. The summed E-state index contributed by atoms with van der Waals surface area (Å²) in [4.78, 5) is 25.4. The number of carbonyl (C=O) groups is 1. The predicted molar refractivity (Wildman–Crippen MR) is 119 cm³/mol. The molecule has 164 valence electrons. The van der Waals surface area contributed by atoms with Crippen LogP contribution in [-0.4, -0.2) is 12.7 Å². The molecule has 5 rings (SSSR count). The zero-order valence-corrected chi connectivity index (χ0v) is 18.4. The number of ether oxygens (including phenoxy) is 2. The summed E-state index contributed by atoms with van der Waals surface area (Å²) in [7, 11) is 0. The van der Waals surface area contributed by atoms with Crippen LogP contribution in [0, 0.1) is 27.7 Å². The van der Waals surface area contributed by atoms with Crippen molar-refractivity contribution in [1.29, 1.82) is 0 Å². The third kappa shape index (κ3) is 3.21. The lowest BCUT2D eigenvalue weighted by molar-refractivity contribution is -0.120. The Hall–Kier alpha value is -3.74. The third-order valence-electron chi connectivity index (χ3n) is 6.21. The minimum absolute atomic E-state index is 0.0604. The maximum atomic E-state index is 12.7. The summed E-state index contributed by atoms with van der Waals surface area (Å²) in [5.41, 5.74) is 4.55. The van der Waals surface area contributed by atoms with Gasteiger partial charge in [-0.3, -0.25) is 4.79 Å². The van der Waals surface area contributed by atoms with E-state index in [-0.39, 0.29) is 19.1 Å². The molecule has 0 atom stereocenters. The molecule has 0 radical (unpaired) electrons. The van der Waals surface area contributed by atoms with Gasteiger partial charge >= 0.3 is 5.63 Å². The van der Waals surface area contributed by atoms with Crippen molar-refractivity contribution < 1.29 is 23.1 Å². The van der Waals surface area contributed by atoms with E-state index in [1.165, 1.54) is 0 Å². The Kier molecular flexibility index (Phi) is 4.69. The molecule has 2 aromatic heterocycles. The molecule has 2 aromatic carbocycles. The Morgan fingerprint density at radius 1 is 0.906 bits per heavy atom. The smallest absolute Gasteiger partial charge is 0.340 e. The highest BCUT2D eigenvalue weighted by Crippen LogP contribution is 2.35. The van der Waals surface area contributed by atoms with E-state index in [1.807, 2.05) is 52.0 Å². The van der Waals surface area contributed by atoms with Crippen LogP contribution in [0.1, 0.15) is 33.6 Å². The van der Waals surface area contributed by atoms with Crippen molar-refractivity contribution in [2.45, 2.75) is 40.7 Å². The van der Waals surface area contributed by atoms with Gasteiger partial charge in [0.1, 0.15) is 16.9 Å². The fraction of sp³-hybridized carbons (Fsp3) is 0.280. The van der Waals surface area contributed by atoms with Gasteiger partial charge in [-0.2, -0.15) is 0 Å². The molecule has 1 amide bonds. The zero-order chi connectivity index (χ0) is 22.6. The largest absolute Gasteiger partial charge is 0.461 e. The van der Waals surface area contributed by atoms with Gasteiger partial charge in [0.25, 0.3) is 0 Å². The molecule has 3 heterocycles. The molecule has 32 heavy (non-hydrogen) atoms. The molecule has 1 aliphatic heterocycles. The highest BCUT2D eigenvalue weighted by molar-refractivity contribution is 6.00. The summed E-state index contributed by atoms with van der Waals surface area (Å²) in [6.07, 6.45) is -0.0604. The molecule has 0 bridgehead atoms. The number of rotatable bonds is 4. The fourth-order valence-electron chi connectivity index (χ4n) is 4.17. The van der Waals surface area contributed by atoms with Crippen LogP contribution < -0.4 is 20.4 Å². The first kappa shape index (κ1) is 20.2. The number of furan rings is 1. The Bertz CT molecular complexity index is 1460. The van der Waals surface area contributed by atoms with E-state index in [1.54, 1.807) is 0 Å². The van der Waals surface area contributed by atoms with Gasteiger partial charge in [-0.15, -0.1) is 0 Å². The normalized spacial score (nSPS) is 12.6. The summed E-state index contributed by atoms with van der Waals surface area (Å²) in [6, 6.07) is 7.50. The van der Waals surface area contributed by atoms with Crippen LogP contribution in [0.5, 0.6) is 11.5 Å². The highest BCUT2D eigenvalue weighted by atomic mass is 16.7. The van der Waals surface area contributed by atoms with E-state index in [0.29, 0.717) is 29.2 Å². The quantitative estimate of drug-likeness (QED) is 0.481. The van der Waals surface area contributed by atoms with Crippen LogP contribution in [-0.2, 0) is 17.8 Å². The molecule has 1 N–H and O–H groups in total. The Morgan fingerprint density at radius 3 is 2.44 bits per heavy atom. The van der Waals surface area contributed by atoms with E-state index < -0.39 is 5.63 Å². The van der Waals surface area contributed by atoms with Gasteiger partial charge in [-0.25, -0.2) is 4.79 Å². The molecule has 7 heteroatoms. The number of carbonyl (C=O) groups excluding carboxylic acids is 1. The van der Waals surface area contributed by atoms with E-state index >= 15 is 0 Å². The van der Waals surface area contributed by atoms with Crippen LogP contribution >= 0.6 is 0 Å². The molecule has 1 aliphatic rings. The predicted octanol–water partition coefficient (Wildman–Crippen LogP) is 4.36. The zero-order valence-electron chi connectivity index (χ0n) is 18.4. The molecule has 7 nitrogen and oxygen atoms in total. The average Bonchev–Trinajstić information content (AvgIpc) is 3.35. The molecule has 0 fully saturated rings. The molecule has 0 aliphatic carbocycles. The first-order valence-electron chi connectivity index (χ1n) is 10.4. The summed E-state index contributed by atoms with van der Waals surface area (Å²) in [5, 5.41) is 4.67. The number of hydrogen-bond acceptors (Lipinski definition) is 6. The van der Waals surface area contributed by atoms with E-state index in [0.717, 1.165) is 44.4 Å². The molecule has 0 spiro atoms. The molecule has 0 saturated heterocycles. The van der Waals surface area contributed by atoms with Gasteiger partial charge in [-0.1, -0.05) is 6.07 Å². The SMILES string of the molecule is Cc1oc2c(C)c3oc(=O)c(CC(=O)NCc4ccc5c(c4)OCO5)c(C)c3cc2c1C. The lowest BCUT2D eigenvalue weighted by Crippen LogP contribution is -2.27. The third-order valence-corrected chi connectivity index (χ3v) is 6.21. The van der Waals surface area contributed by atoms with Crippen molar-refractivity contribution in [3.63, 3.8) is 0 Å². The number of fused-ring (bicyclic) bond motifs is 3. The van der Waals surface area contributed by atoms with Crippen LogP contribution in [0.3, 0.4) is 0 Å². The van der Waals surface area contributed by atoms with Crippen LogP contribution in [0.25, 0.3) is 21.9 Å². The minimum atomic E-state index is -0.504. The van der Waals surface area contributed by atoms with Gasteiger partial charge in [0.05, 0.1) is 12.0 Å².